The second-order valence-electron chi connectivity index (χ2n) is 5.62. The van der Waals surface area contributed by atoms with E-state index in [2.05, 4.69) is 23.3 Å². The van der Waals surface area contributed by atoms with E-state index in [0.29, 0.717) is 6.54 Å². The predicted octanol–water partition coefficient (Wildman–Crippen LogP) is 3.59. The van der Waals surface area contributed by atoms with E-state index in [1.807, 2.05) is 12.1 Å². The van der Waals surface area contributed by atoms with Crippen LogP contribution in [0.15, 0.2) is 30.6 Å². The van der Waals surface area contributed by atoms with Gasteiger partial charge in [-0.15, -0.1) is 11.3 Å². The number of nitrogens with one attached hydrogen (secondary N) is 1. The van der Waals surface area contributed by atoms with Crippen molar-refractivity contribution in [2.24, 2.45) is 5.92 Å². The van der Waals surface area contributed by atoms with Crippen LogP contribution in [0.5, 0.6) is 0 Å². The van der Waals surface area contributed by atoms with E-state index in [-0.39, 0.29) is 5.91 Å². The maximum atomic E-state index is 12.3. The van der Waals surface area contributed by atoms with E-state index < -0.39 is 0 Å². The number of thiophene rings is 1. The minimum Gasteiger partial charge on any atom is -0.347 e. The molecule has 0 aliphatic heterocycles. The first-order valence-electron chi connectivity index (χ1n) is 7.55. The average molecular weight is 300 g/mol. The van der Waals surface area contributed by atoms with Gasteiger partial charge in [0.2, 0.25) is 0 Å². The Morgan fingerprint density at radius 1 is 1.52 bits per heavy atom. The number of amides is 1. The number of carbonyl (C=O) groups is 1. The molecule has 21 heavy (non-hydrogen) atoms. The molecule has 0 radical (unpaired) electrons. The summed E-state index contributed by atoms with van der Waals surface area (Å²) in [7, 11) is 0. The number of aromatic nitrogens is 1. The van der Waals surface area contributed by atoms with Crippen LogP contribution in [0.1, 0.15) is 45.4 Å². The zero-order valence-electron chi connectivity index (χ0n) is 12.3. The van der Waals surface area contributed by atoms with E-state index in [1.54, 1.807) is 23.7 Å². The third-order valence-corrected chi connectivity index (χ3v) is 5.40. The summed E-state index contributed by atoms with van der Waals surface area (Å²) < 4.78 is 0. The molecule has 0 saturated carbocycles. The van der Waals surface area contributed by atoms with Crippen LogP contribution in [0.2, 0.25) is 0 Å². The molecule has 1 aliphatic carbocycles. The molecule has 0 saturated heterocycles. The van der Waals surface area contributed by atoms with Crippen LogP contribution in [0.3, 0.4) is 0 Å². The third kappa shape index (κ3) is 3.32. The van der Waals surface area contributed by atoms with E-state index >= 15 is 0 Å². The van der Waals surface area contributed by atoms with Gasteiger partial charge in [0.05, 0.1) is 4.88 Å². The first kappa shape index (κ1) is 14.3. The molecule has 2 heterocycles. The molecule has 1 aliphatic rings. The van der Waals surface area contributed by atoms with Crippen molar-refractivity contribution in [2.45, 2.75) is 39.2 Å². The molecule has 3 nitrogen and oxygen atoms in total. The van der Waals surface area contributed by atoms with Crippen LogP contribution >= 0.6 is 11.3 Å². The van der Waals surface area contributed by atoms with E-state index in [4.69, 9.17) is 0 Å². The number of aryl methyl sites for hydroxylation is 1. The van der Waals surface area contributed by atoms with Crippen molar-refractivity contribution in [2.75, 3.05) is 0 Å². The molecule has 0 aromatic carbocycles. The zero-order chi connectivity index (χ0) is 14.7. The summed E-state index contributed by atoms with van der Waals surface area (Å²) in [4.78, 5) is 18.6. The molecule has 0 bridgehead atoms. The van der Waals surface area contributed by atoms with Crippen molar-refractivity contribution in [3.8, 4) is 0 Å². The molecule has 0 fully saturated rings. The lowest BCUT2D eigenvalue weighted by Crippen LogP contribution is -2.21. The number of fused-ring (bicyclic) bond motifs is 1. The number of nitrogens with zero attached hydrogens (tertiary/aromatic N) is 1. The number of rotatable bonds is 4. The SMILES string of the molecule is CCC1CCc2sc(C(=O)NCc3cccnc3)cc2C1. The van der Waals surface area contributed by atoms with Gasteiger partial charge in [0, 0.05) is 23.8 Å². The topological polar surface area (TPSA) is 42.0 Å². The summed E-state index contributed by atoms with van der Waals surface area (Å²) in [5.74, 6) is 0.824. The zero-order valence-corrected chi connectivity index (χ0v) is 13.1. The standard InChI is InChI=1S/C17H20N2OS/c1-2-12-5-6-15-14(8-12)9-16(21-15)17(20)19-11-13-4-3-7-18-10-13/h3-4,7,9-10,12H,2,5-6,8,11H2,1H3,(H,19,20). The highest BCUT2D eigenvalue weighted by Gasteiger charge is 2.21. The molecular weight excluding hydrogens is 280 g/mol. The average Bonchev–Trinajstić information content (AvgIpc) is 2.96. The monoisotopic (exact) mass is 300 g/mol. The summed E-state index contributed by atoms with van der Waals surface area (Å²) in [5.41, 5.74) is 2.42. The molecule has 0 spiro atoms. The van der Waals surface area contributed by atoms with Crippen LogP contribution in [-0.4, -0.2) is 10.9 Å². The molecule has 1 N–H and O–H groups in total. The number of hydrogen-bond acceptors (Lipinski definition) is 3. The van der Waals surface area contributed by atoms with Gasteiger partial charge >= 0.3 is 0 Å². The van der Waals surface area contributed by atoms with Crippen molar-refractivity contribution in [3.05, 3.63) is 51.5 Å². The molecule has 1 amide bonds. The summed E-state index contributed by atoms with van der Waals surface area (Å²) in [6.45, 7) is 2.79. The normalized spacial score (nSPS) is 17.3. The van der Waals surface area contributed by atoms with Crippen LogP contribution in [0.25, 0.3) is 0 Å². The molecular formula is C17H20N2OS. The van der Waals surface area contributed by atoms with Gasteiger partial charge in [-0.2, -0.15) is 0 Å². The minimum absolute atomic E-state index is 0.0336. The van der Waals surface area contributed by atoms with Gasteiger partial charge in [0.1, 0.15) is 0 Å². The summed E-state index contributed by atoms with van der Waals surface area (Å²) in [6, 6.07) is 5.95. The molecule has 1 unspecified atom stereocenters. The molecule has 2 aromatic heterocycles. The lowest BCUT2D eigenvalue weighted by atomic mass is 9.87. The van der Waals surface area contributed by atoms with Crippen LogP contribution in [0.4, 0.5) is 0 Å². The van der Waals surface area contributed by atoms with Gasteiger partial charge in [-0.05, 0) is 48.4 Å². The number of pyridine rings is 1. The van der Waals surface area contributed by atoms with Crippen molar-refractivity contribution in [1.29, 1.82) is 0 Å². The lowest BCUT2D eigenvalue weighted by Gasteiger charge is -2.19. The number of carbonyl (C=O) groups excluding carboxylic acids is 1. The molecule has 4 heteroatoms. The maximum absolute atomic E-state index is 12.3. The Labute approximate surface area is 129 Å². The highest BCUT2D eigenvalue weighted by atomic mass is 32.1. The van der Waals surface area contributed by atoms with Crippen LogP contribution in [0, 0.1) is 5.92 Å². The van der Waals surface area contributed by atoms with E-state index in [1.165, 1.54) is 23.3 Å². The number of hydrogen-bond donors (Lipinski definition) is 1. The van der Waals surface area contributed by atoms with Crippen molar-refractivity contribution < 1.29 is 4.79 Å². The van der Waals surface area contributed by atoms with Gasteiger partial charge in [-0.1, -0.05) is 19.4 Å². The smallest absolute Gasteiger partial charge is 0.261 e. The van der Waals surface area contributed by atoms with E-state index in [0.717, 1.165) is 29.2 Å². The van der Waals surface area contributed by atoms with Crippen molar-refractivity contribution >= 4 is 17.2 Å². The first-order valence-corrected chi connectivity index (χ1v) is 8.36. The Balaban J connectivity index is 1.65. The van der Waals surface area contributed by atoms with E-state index in [9.17, 15) is 4.79 Å². The third-order valence-electron chi connectivity index (χ3n) is 4.16. The van der Waals surface area contributed by atoms with Crippen LogP contribution in [-0.2, 0) is 19.4 Å². The Morgan fingerprint density at radius 3 is 3.19 bits per heavy atom. The maximum Gasteiger partial charge on any atom is 0.261 e. The quantitative estimate of drug-likeness (QED) is 0.937. The highest BCUT2D eigenvalue weighted by molar-refractivity contribution is 7.14. The second-order valence-corrected chi connectivity index (χ2v) is 6.76. The molecule has 1 atom stereocenters. The predicted molar refractivity (Wildman–Crippen MR) is 85.5 cm³/mol. The summed E-state index contributed by atoms with van der Waals surface area (Å²) in [6.07, 6.45) is 8.29. The minimum atomic E-state index is 0.0336. The largest absolute Gasteiger partial charge is 0.347 e. The van der Waals surface area contributed by atoms with Crippen molar-refractivity contribution in [3.63, 3.8) is 0 Å². The lowest BCUT2D eigenvalue weighted by molar-refractivity contribution is 0.0955. The highest BCUT2D eigenvalue weighted by Crippen LogP contribution is 2.33. The fraction of sp³-hybridized carbons (Fsp3) is 0.412. The Kier molecular flexibility index (Phi) is 4.34. The Morgan fingerprint density at radius 2 is 2.43 bits per heavy atom. The van der Waals surface area contributed by atoms with Gasteiger partial charge in [-0.3, -0.25) is 9.78 Å². The van der Waals surface area contributed by atoms with Crippen molar-refractivity contribution in [1.82, 2.24) is 10.3 Å². The Hall–Kier alpha value is -1.68. The summed E-state index contributed by atoms with van der Waals surface area (Å²) in [5, 5.41) is 2.98. The van der Waals surface area contributed by atoms with Crippen LogP contribution < -0.4 is 5.32 Å². The van der Waals surface area contributed by atoms with Gasteiger partial charge in [0.15, 0.2) is 0 Å². The van der Waals surface area contributed by atoms with Gasteiger partial charge in [-0.25, -0.2) is 0 Å². The first-order chi connectivity index (χ1) is 10.3. The second kappa shape index (κ2) is 6.39. The molecule has 3 rings (SSSR count). The summed E-state index contributed by atoms with van der Waals surface area (Å²) >= 11 is 1.66. The van der Waals surface area contributed by atoms with Gasteiger partial charge in [0.25, 0.3) is 5.91 Å². The van der Waals surface area contributed by atoms with Gasteiger partial charge < -0.3 is 5.32 Å². The fourth-order valence-corrected chi connectivity index (χ4v) is 3.96. The molecule has 2 aromatic rings. The fourth-order valence-electron chi connectivity index (χ4n) is 2.83. The molecule has 110 valence electrons. The Bertz CT molecular complexity index is 621.